The van der Waals surface area contributed by atoms with Gasteiger partial charge in [0.05, 0.1) is 23.4 Å². The lowest BCUT2D eigenvalue weighted by molar-refractivity contribution is -0.143. The monoisotopic (exact) mass is 498 g/mol. The fourth-order valence-electron chi connectivity index (χ4n) is 4.64. The van der Waals surface area contributed by atoms with Crippen molar-refractivity contribution < 1.29 is 22.8 Å². The number of rotatable bonds is 6. The number of aromatic nitrogens is 2. The Morgan fingerprint density at radius 3 is 2.28 bits per heavy atom. The molecule has 0 aliphatic carbocycles. The molecule has 3 aromatic rings. The van der Waals surface area contributed by atoms with Crippen molar-refractivity contribution in [1.29, 1.82) is 0 Å². The van der Waals surface area contributed by atoms with E-state index in [0.29, 0.717) is 32.4 Å². The van der Waals surface area contributed by atoms with Crippen LogP contribution in [-0.4, -0.2) is 45.6 Å². The SMILES string of the molecule is CC[C@H](C(=O)N1CCC(NC(=O)c2cnn(-c3ccc(C)cc3)c2C(F)(F)F)CC1)c1ccccc1. The number of hydrogen-bond acceptors (Lipinski definition) is 3. The summed E-state index contributed by atoms with van der Waals surface area (Å²) in [5.41, 5.74) is 0.464. The number of alkyl halides is 3. The average molecular weight is 499 g/mol. The molecular formula is C27H29F3N4O2. The van der Waals surface area contributed by atoms with Gasteiger partial charge in [0.25, 0.3) is 5.91 Å². The third-order valence-electron chi connectivity index (χ3n) is 6.61. The molecule has 6 nitrogen and oxygen atoms in total. The predicted molar refractivity (Wildman–Crippen MR) is 130 cm³/mol. The molecule has 1 aliphatic heterocycles. The molecule has 9 heteroatoms. The third-order valence-corrected chi connectivity index (χ3v) is 6.61. The summed E-state index contributed by atoms with van der Waals surface area (Å²) in [5.74, 6) is -1.02. The van der Waals surface area contributed by atoms with Gasteiger partial charge in [0.15, 0.2) is 5.69 Å². The van der Waals surface area contributed by atoms with Gasteiger partial charge in [0, 0.05) is 19.1 Å². The van der Waals surface area contributed by atoms with Crippen LogP contribution < -0.4 is 5.32 Å². The number of carbonyl (C=O) groups excluding carboxylic acids is 2. The summed E-state index contributed by atoms with van der Waals surface area (Å²) >= 11 is 0. The van der Waals surface area contributed by atoms with Crippen LogP contribution in [0.3, 0.4) is 0 Å². The van der Waals surface area contributed by atoms with Gasteiger partial charge in [0.1, 0.15) is 0 Å². The highest BCUT2D eigenvalue weighted by Gasteiger charge is 2.41. The van der Waals surface area contributed by atoms with Crippen molar-refractivity contribution in [2.45, 2.75) is 51.2 Å². The van der Waals surface area contributed by atoms with Crippen LogP contribution in [0, 0.1) is 6.92 Å². The van der Waals surface area contributed by atoms with Crippen LogP contribution in [0.4, 0.5) is 13.2 Å². The number of likely N-dealkylation sites (tertiary alicyclic amines) is 1. The van der Waals surface area contributed by atoms with Gasteiger partial charge in [-0.05, 0) is 43.9 Å². The van der Waals surface area contributed by atoms with Gasteiger partial charge in [-0.25, -0.2) is 4.68 Å². The van der Waals surface area contributed by atoms with E-state index in [1.165, 1.54) is 12.1 Å². The number of amides is 2. The smallest absolute Gasteiger partial charge is 0.349 e. The minimum atomic E-state index is -4.77. The molecule has 1 atom stereocenters. The highest BCUT2D eigenvalue weighted by atomic mass is 19.4. The summed E-state index contributed by atoms with van der Waals surface area (Å²) in [5, 5.41) is 6.60. The van der Waals surface area contributed by atoms with Crippen molar-refractivity contribution in [2.75, 3.05) is 13.1 Å². The molecule has 36 heavy (non-hydrogen) atoms. The molecule has 1 aliphatic rings. The highest BCUT2D eigenvalue weighted by Crippen LogP contribution is 2.34. The molecule has 1 N–H and O–H groups in total. The number of nitrogens with zero attached hydrogens (tertiary/aromatic N) is 3. The van der Waals surface area contributed by atoms with Crippen molar-refractivity contribution >= 4 is 11.8 Å². The third kappa shape index (κ3) is 5.45. The van der Waals surface area contributed by atoms with E-state index in [2.05, 4.69) is 10.4 Å². The lowest BCUT2D eigenvalue weighted by Crippen LogP contribution is -2.47. The first-order chi connectivity index (χ1) is 17.2. The Balaban J connectivity index is 1.43. The number of carbonyl (C=O) groups is 2. The quantitative estimate of drug-likeness (QED) is 0.513. The highest BCUT2D eigenvalue weighted by molar-refractivity contribution is 5.95. The average Bonchev–Trinajstić information content (AvgIpc) is 3.32. The number of benzene rings is 2. The number of halogens is 3. The van der Waals surface area contributed by atoms with Crippen molar-refractivity contribution in [1.82, 2.24) is 20.0 Å². The Hall–Kier alpha value is -3.62. The molecule has 1 aromatic heterocycles. The van der Waals surface area contributed by atoms with Gasteiger partial charge in [-0.3, -0.25) is 9.59 Å². The molecular weight excluding hydrogens is 469 g/mol. The normalized spacial score (nSPS) is 15.5. The van der Waals surface area contributed by atoms with Crippen LogP contribution >= 0.6 is 0 Å². The van der Waals surface area contributed by atoms with Crippen LogP contribution in [0.2, 0.25) is 0 Å². The lowest BCUT2D eigenvalue weighted by Gasteiger charge is -2.34. The lowest BCUT2D eigenvalue weighted by atomic mass is 9.93. The second-order valence-corrected chi connectivity index (χ2v) is 9.10. The molecule has 0 bridgehead atoms. The van der Waals surface area contributed by atoms with Crippen LogP contribution in [0.15, 0.2) is 60.8 Å². The van der Waals surface area contributed by atoms with Crippen LogP contribution in [-0.2, 0) is 11.0 Å². The zero-order chi connectivity index (χ0) is 25.9. The van der Waals surface area contributed by atoms with E-state index >= 15 is 0 Å². The zero-order valence-electron chi connectivity index (χ0n) is 20.3. The molecule has 4 rings (SSSR count). The standard InChI is InChI=1S/C27H29F3N4O2/c1-3-22(19-7-5-4-6-8-19)26(36)33-15-13-20(14-16-33)32-25(35)23-17-31-34(24(23)27(28,29)30)21-11-9-18(2)10-12-21/h4-12,17,20,22H,3,13-16H2,1-2H3,(H,32,35)/t22-/m0/s1. The Kier molecular flexibility index (Phi) is 7.47. The molecule has 1 saturated heterocycles. The number of piperidine rings is 1. The molecule has 2 aromatic carbocycles. The van der Waals surface area contributed by atoms with Crippen LogP contribution in [0.5, 0.6) is 0 Å². The van der Waals surface area contributed by atoms with E-state index in [1.807, 2.05) is 44.2 Å². The molecule has 190 valence electrons. The fraction of sp³-hybridized carbons (Fsp3) is 0.370. The molecule has 2 heterocycles. The van der Waals surface area contributed by atoms with Gasteiger partial charge in [0.2, 0.25) is 5.91 Å². The van der Waals surface area contributed by atoms with Gasteiger partial charge in [-0.1, -0.05) is 55.0 Å². The summed E-state index contributed by atoms with van der Waals surface area (Å²) in [6, 6.07) is 15.7. The fourth-order valence-corrected chi connectivity index (χ4v) is 4.64. The topological polar surface area (TPSA) is 67.2 Å². The Morgan fingerprint density at radius 2 is 1.69 bits per heavy atom. The number of nitrogens with one attached hydrogen (secondary N) is 1. The van der Waals surface area contributed by atoms with E-state index in [0.717, 1.165) is 22.0 Å². The zero-order valence-corrected chi connectivity index (χ0v) is 20.3. The van der Waals surface area contributed by atoms with Crippen LogP contribution in [0.25, 0.3) is 5.69 Å². The molecule has 0 unspecified atom stereocenters. The number of hydrogen-bond donors (Lipinski definition) is 1. The Morgan fingerprint density at radius 1 is 1.06 bits per heavy atom. The van der Waals surface area contributed by atoms with Crippen molar-refractivity contribution in [3.8, 4) is 5.69 Å². The van der Waals surface area contributed by atoms with E-state index in [4.69, 9.17) is 0 Å². The molecule has 2 amide bonds. The molecule has 0 saturated carbocycles. The summed E-state index contributed by atoms with van der Waals surface area (Å²) in [7, 11) is 0. The first-order valence-corrected chi connectivity index (χ1v) is 12.1. The maximum Gasteiger partial charge on any atom is 0.434 e. The van der Waals surface area contributed by atoms with E-state index in [9.17, 15) is 22.8 Å². The van der Waals surface area contributed by atoms with Gasteiger partial charge >= 0.3 is 6.18 Å². The second-order valence-electron chi connectivity index (χ2n) is 9.10. The van der Waals surface area contributed by atoms with E-state index in [1.54, 1.807) is 17.0 Å². The van der Waals surface area contributed by atoms with E-state index < -0.39 is 23.3 Å². The Bertz CT molecular complexity index is 1200. The molecule has 1 fully saturated rings. The summed E-state index contributed by atoms with van der Waals surface area (Å²) in [4.78, 5) is 27.8. The van der Waals surface area contributed by atoms with E-state index in [-0.39, 0.29) is 23.6 Å². The van der Waals surface area contributed by atoms with Crippen molar-refractivity contribution in [2.24, 2.45) is 0 Å². The number of aryl methyl sites for hydroxylation is 1. The maximum atomic E-state index is 14.0. The summed E-state index contributed by atoms with van der Waals surface area (Å²) in [6.45, 7) is 4.67. The Labute approximate surface area is 208 Å². The predicted octanol–water partition coefficient (Wildman–Crippen LogP) is 5.11. The summed E-state index contributed by atoms with van der Waals surface area (Å²) in [6.07, 6.45) is -2.20. The minimum Gasteiger partial charge on any atom is -0.349 e. The second kappa shape index (κ2) is 10.6. The largest absolute Gasteiger partial charge is 0.434 e. The minimum absolute atomic E-state index is 0.0345. The van der Waals surface area contributed by atoms with Gasteiger partial charge in [-0.15, -0.1) is 0 Å². The maximum absolute atomic E-state index is 14.0. The van der Waals surface area contributed by atoms with Crippen molar-refractivity contribution in [3.05, 3.63) is 83.2 Å². The summed E-state index contributed by atoms with van der Waals surface area (Å²) < 4.78 is 42.6. The van der Waals surface area contributed by atoms with Gasteiger partial charge in [-0.2, -0.15) is 18.3 Å². The van der Waals surface area contributed by atoms with Crippen molar-refractivity contribution in [3.63, 3.8) is 0 Å². The van der Waals surface area contributed by atoms with Gasteiger partial charge < -0.3 is 10.2 Å². The van der Waals surface area contributed by atoms with Crippen LogP contribution in [0.1, 0.15) is 59.3 Å². The first kappa shape index (κ1) is 25.5. The molecule has 0 spiro atoms. The first-order valence-electron chi connectivity index (χ1n) is 12.1. The molecule has 0 radical (unpaired) electrons.